The van der Waals surface area contributed by atoms with E-state index in [4.69, 9.17) is 0 Å². The van der Waals surface area contributed by atoms with Crippen molar-refractivity contribution < 1.29 is 17.2 Å². The van der Waals surface area contributed by atoms with Gasteiger partial charge in [0.05, 0.1) is 0 Å². The van der Waals surface area contributed by atoms with Crippen LogP contribution in [0.15, 0.2) is 0 Å². The highest BCUT2D eigenvalue weighted by Crippen LogP contribution is 2.25. The number of halogens is 2. The first-order chi connectivity index (χ1) is 6.48. The highest BCUT2D eigenvalue weighted by Gasteiger charge is 2.36. The van der Waals surface area contributed by atoms with Crippen LogP contribution in [0.4, 0.5) is 8.78 Å². The molecule has 0 aromatic carbocycles. The molecule has 0 N–H and O–H groups in total. The van der Waals surface area contributed by atoms with Crippen molar-refractivity contribution in [1.82, 2.24) is 4.31 Å². The normalized spacial score (nSPS) is 24.7. The van der Waals surface area contributed by atoms with Gasteiger partial charge in [0.15, 0.2) is 0 Å². The molecule has 0 spiro atoms. The molecule has 3 nitrogen and oxygen atoms in total. The summed E-state index contributed by atoms with van der Waals surface area (Å²) >= 11 is 0. The molecule has 6 heteroatoms. The second-order valence-electron chi connectivity index (χ2n) is 3.61. The summed E-state index contributed by atoms with van der Waals surface area (Å²) < 4.78 is 47.3. The molecule has 84 valence electrons. The van der Waals surface area contributed by atoms with Crippen molar-refractivity contribution in [3.8, 4) is 0 Å². The van der Waals surface area contributed by atoms with Crippen LogP contribution in [-0.4, -0.2) is 31.6 Å². The maximum absolute atomic E-state index is 12.1. The zero-order chi connectivity index (χ0) is 10.8. The Labute approximate surface area is 83.1 Å². The predicted octanol–water partition coefficient (Wildman–Crippen LogP) is 1.66. The van der Waals surface area contributed by atoms with Crippen molar-refractivity contribution in [3.63, 3.8) is 0 Å². The minimum absolute atomic E-state index is 0.247. The third-order valence-corrected chi connectivity index (χ3v) is 4.03. The maximum atomic E-state index is 12.1. The number of hydrogen-bond acceptors (Lipinski definition) is 2. The van der Waals surface area contributed by atoms with E-state index >= 15 is 0 Å². The third-order valence-electron chi connectivity index (χ3n) is 2.53. The summed E-state index contributed by atoms with van der Waals surface area (Å²) in [6.07, 6.45) is 2.59. The van der Waals surface area contributed by atoms with Gasteiger partial charge in [-0.2, -0.15) is 13.1 Å². The van der Waals surface area contributed by atoms with Crippen LogP contribution in [0, 0.1) is 5.92 Å². The van der Waals surface area contributed by atoms with Crippen LogP contribution >= 0.6 is 0 Å². The van der Waals surface area contributed by atoms with Gasteiger partial charge in [-0.1, -0.05) is 13.3 Å². The summed E-state index contributed by atoms with van der Waals surface area (Å²) in [6, 6.07) is 0. The first kappa shape index (κ1) is 11.8. The lowest BCUT2D eigenvalue weighted by Crippen LogP contribution is -2.33. The fourth-order valence-electron chi connectivity index (χ4n) is 1.78. The number of rotatable bonds is 4. The van der Waals surface area contributed by atoms with Crippen LogP contribution in [-0.2, 0) is 10.0 Å². The molecule has 1 saturated heterocycles. The Kier molecular flexibility index (Phi) is 3.83. The minimum Gasteiger partial charge on any atom is -0.206 e. The first-order valence-electron chi connectivity index (χ1n) is 4.75. The minimum atomic E-state index is -4.33. The number of hydrogen-bond donors (Lipinski definition) is 0. The van der Waals surface area contributed by atoms with E-state index in [9.17, 15) is 17.2 Å². The molecule has 0 radical (unpaired) electrons. The molecule has 1 aliphatic heterocycles. The summed E-state index contributed by atoms with van der Waals surface area (Å²) in [5.74, 6) is -3.02. The average Bonchev–Trinajstić information content (AvgIpc) is 2.53. The molecule has 1 fully saturated rings. The number of sulfonamides is 1. The van der Waals surface area contributed by atoms with E-state index in [1.165, 1.54) is 0 Å². The Morgan fingerprint density at radius 2 is 2.14 bits per heavy atom. The van der Waals surface area contributed by atoms with Crippen molar-refractivity contribution in [3.05, 3.63) is 0 Å². The molecular weight excluding hydrogens is 212 g/mol. The van der Waals surface area contributed by atoms with E-state index in [0.717, 1.165) is 17.1 Å². The van der Waals surface area contributed by atoms with Gasteiger partial charge in [-0.05, 0) is 18.8 Å². The van der Waals surface area contributed by atoms with Crippen LogP contribution in [0.25, 0.3) is 0 Å². The van der Waals surface area contributed by atoms with E-state index in [1.54, 1.807) is 0 Å². The molecule has 0 bridgehead atoms. The Morgan fingerprint density at radius 3 is 2.64 bits per heavy atom. The predicted molar refractivity (Wildman–Crippen MR) is 49.5 cm³/mol. The van der Waals surface area contributed by atoms with Gasteiger partial charge in [-0.3, -0.25) is 0 Å². The number of nitrogens with zero attached hydrogens (tertiary/aromatic N) is 1. The fourth-order valence-corrected chi connectivity index (χ4v) is 2.79. The lowest BCUT2D eigenvalue weighted by molar-refractivity contribution is 0.221. The van der Waals surface area contributed by atoms with Crippen molar-refractivity contribution in [2.45, 2.75) is 31.9 Å². The monoisotopic (exact) mass is 227 g/mol. The third kappa shape index (κ3) is 2.42. The molecule has 0 amide bonds. The van der Waals surface area contributed by atoms with Gasteiger partial charge in [-0.25, -0.2) is 8.42 Å². The van der Waals surface area contributed by atoms with Gasteiger partial charge in [0, 0.05) is 13.1 Å². The summed E-state index contributed by atoms with van der Waals surface area (Å²) in [5, 5.41) is 0. The molecule has 0 aromatic heterocycles. The van der Waals surface area contributed by atoms with E-state index in [0.29, 0.717) is 6.42 Å². The van der Waals surface area contributed by atoms with E-state index in [2.05, 4.69) is 0 Å². The molecule has 14 heavy (non-hydrogen) atoms. The van der Waals surface area contributed by atoms with Crippen LogP contribution in [0.1, 0.15) is 26.2 Å². The van der Waals surface area contributed by atoms with Gasteiger partial charge in [0.1, 0.15) is 0 Å². The van der Waals surface area contributed by atoms with Crippen molar-refractivity contribution in [2.24, 2.45) is 5.92 Å². The average molecular weight is 227 g/mol. The van der Waals surface area contributed by atoms with Crippen LogP contribution in [0.3, 0.4) is 0 Å². The topological polar surface area (TPSA) is 37.4 Å². The largest absolute Gasteiger partial charge is 0.350 e. The zero-order valence-electron chi connectivity index (χ0n) is 8.12. The van der Waals surface area contributed by atoms with Crippen LogP contribution < -0.4 is 0 Å². The summed E-state index contributed by atoms with van der Waals surface area (Å²) in [6.45, 7) is 2.52. The first-order valence-corrected chi connectivity index (χ1v) is 6.26. The zero-order valence-corrected chi connectivity index (χ0v) is 8.93. The van der Waals surface area contributed by atoms with Gasteiger partial charge < -0.3 is 0 Å². The maximum Gasteiger partial charge on any atom is 0.350 e. The molecule has 0 aromatic rings. The van der Waals surface area contributed by atoms with Crippen molar-refractivity contribution in [1.29, 1.82) is 0 Å². The van der Waals surface area contributed by atoms with E-state index in [-0.39, 0.29) is 19.0 Å². The highest BCUT2D eigenvalue weighted by molar-refractivity contribution is 7.89. The Balaban J connectivity index is 2.58. The highest BCUT2D eigenvalue weighted by atomic mass is 32.2. The number of alkyl halides is 2. The molecule has 0 unspecified atom stereocenters. The smallest absolute Gasteiger partial charge is 0.206 e. The second-order valence-corrected chi connectivity index (χ2v) is 5.51. The SMILES string of the molecule is CCC[C@@H]1CCN(S(=O)(=O)C(F)F)C1. The van der Waals surface area contributed by atoms with Crippen LogP contribution in [0.2, 0.25) is 0 Å². The van der Waals surface area contributed by atoms with E-state index < -0.39 is 15.8 Å². The summed E-state index contributed by atoms with van der Waals surface area (Å²) in [5.41, 5.74) is 0. The summed E-state index contributed by atoms with van der Waals surface area (Å²) in [4.78, 5) is 0. The van der Waals surface area contributed by atoms with E-state index in [1.807, 2.05) is 6.92 Å². The molecule has 1 heterocycles. The Morgan fingerprint density at radius 1 is 1.50 bits per heavy atom. The van der Waals surface area contributed by atoms with Gasteiger partial charge >= 0.3 is 5.76 Å². The second kappa shape index (κ2) is 4.53. The molecule has 1 aliphatic rings. The van der Waals surface area contributed by atoms with Crippen molar-refractivity contribution in [2.75, 3.05) is 13.1 Å². The lowest BCUT2D eigenvalue weighted by Gasteiger charge is -2.15. The van der Waals surface area contributed by atoms with Crippen LogP contribution in [0.5, 0.6) is 0 Å². The van der Waals surface area contributed by atoms with Gasteiger partial charge in [-0.15, -0.1) is 0 Å². The Bertz CT molecular complexity index is 279. The standard InChI is InChI=1S/C8H15F2NO2S/c1-2-3-7-4-5-11(6-7)14(12,13)8(9)10/h7-8H,2-6H2,1H3/t7-/m1/s1. The molecular formula is C8H15F2NO2S. The lowest BCUT2D eigenvalue weighted by atomic mass is 10.0. The summed E-state index contributed by atoms with van der Waals surface area (Å²) in [7, 11) is -4.33. The quantitative estimate of drug-likeness (QED) is 0.732. The Hall–Kier alpha value is -0.230. The molecule has 0 saturated carbocycles. The molecule has 1 rings (SSSR count). The fraction of sp³-hybridized carbons (Fsp3) is 1.00. The molecule has 0 aliphatic carbocycles. The van der Waals surface area contributed by atoms with Gasteiger partial charge in [0.2, 0.25) is 0 Å². The molecule has 1 atom stereocenters. The van der Waals surface area contributed by atoms with Gasteiger partial charge in [0.25, 0.3) is 10.0 Å². The van der Waals surface area contributed by atoms with Crippen molar-refractivity contribution >= 4 is 10.0 Å².